The van der Waals surface area contributed by atoms with Gasteiger partial charge in [-0.2, -0.15) is 0 Å². The van der Waals surface area contributed by atoms with Crippen molar-refractivity contribution >= 4 is 88.8 Å². The lowest BCUT2D eigenvalue weighted by atomic mass is 9.82. The number of carbonyl (C=O) groups excluding carboxylic acids is 4. The quantitative estimate of drug-likeness (QED) is 0.161. The Hall–Kier alpha value is -7.84. The molecule has 0 spiro atoms. The van der Waals surface area contributed by atoms with E-state index in [2.05, 4.69) is 118 Å². The van der Waals surface area contributed by atoms with E-state index in [1.54, 1.807) is 9.80 Å². The molecule has 4 aliphatic rings. The summed E-state index contributed by atoms with van der Waals surface area (Å²) in [6.45, 7) is 0. The highest BCUT2D eigenvalue weighted by Gasteiger charge is 2.42. The Morgan fingerprint density at radius 1 is 0.324 bits per heavy atom. The van der Waals surface area contributed by atoms with Crippen molar-refractivity contribution in [2.75, 3.05) is 0 Å². The molecule has 0 radical (unpaired) electrons. The molecule has 14 rings (SSSR count). The Morgan fingerprint density at radius 2 is 0.632 bits per heavy atom. The first kappa shape index (κ1) is 39.3. The summed E-state index contributed by atoms with van der Waals surface area (Å²) in [5.74, 6) is -1.04. The van der Waals surface area contributed by atoms with Crippen LogP contribution in [0.2, 0.25) is 0 Å². The summed E-state index contributed by atoms with van der Waals surface area (Å²) in [6.07, 6.45) is 9.26. The van der Waals surface area contributed by atoms with E-state index in [-0.39, 0.29) is 35.7 Å². The number of hydrogen-bond donors (Lipinski definition) is 0. The lowest BCUT2D eigenvalue weighted by Crippen LogP contribution is -2.48. The fourth-order valence-corrected chi connectivity index (χ4v) is 12.9. The number of imide groups is 2. The minimum atomic E-state index is -0.266. The number of amides is 4. The molecule has 2 fully saturated rings. The van der Waals surface area contributed by atoms with Gasteiger partial charge in [-0.1, -0.05) is 136 Å². The molecule has 8 nitrogen and oxygen atoms in total. The average molecular weight is 887 g/mol. The van der Waals surface area contributed by atoms with Crippen LogP contribution in [-0.4, -0.2) is 54.6 Å². The minimum Gasteiger partial charge on any atom is -0.309 e. The first-order valence-corrected chi connectivity index (χ1v) is 24.4. The number of aromatic nitrogens is 2. The van der Waals surface area contributed by atoms with Gasteiger partial charge in [0.1, 0.15) is 0 Å². The van der Waals surface area contributed by atoms with Gasteiger partial charge in [-0.25, -0.2) is 0 Å². The van der Waals surface area contributed by atoms with Crippen LogP contribution < -0.4 is 0 Å². The Labute approximate surface area is 392 Å². The first-order valence-electron chi connectivity index (χ1n) is 24.4. The minimum absolute atomic E-state index is 0.172. The van der Waals surface area contributed by atoms with Gasteiger partial charge >= 0.3 is 0 Å². The summed E-state index contributed by atoms with van der Waals surface area (Å²) < 4.78 is 4.56. The summed E-state index contributed by atoms with van der Waals surface area (Å²) in [5, 5.41) is 7.03. The molecule has 330 valence electrons. The maximum absolute atomic E-state index is 15.3. The molecule has 2 aliphatic heterocycles. The van der Waals surface area contributed by atoms with Crippen molar-refractivity contribution in [1.29, 1.82) is 0 Å². The third-order valence-electron chi connectivity index (χ3n) is 15.8. The topological polar surface area (TPSA) is 84.6 Å². The molecule has 0 atom stereocenters. The predicted molar refractivity (Wildman–Crippen MR) is 270 cm³/mol. The van der Waals surface area contributed by atoms with E-state index in [0.717, 1.165) is 141 Å². The van der Waals surface area contributed by atoms with Crippen LogP contribution >= 0.6 is 0 Å². The molecular weight excluding hydrogens is 841 g/mol. The molecule has 4 heterocycles. The van der Waals surface area contributed by atoms with Gasteiger partial charge in [-0.3, -0.25) is 29.0 Å². The van der Waals surface area contributed by atoms with Crippen molar-refractivity contribution in [3.05, 3.63) is 168 Å². The van der Waals surface area contributed by atoms with Crippen molar-refractivity contribution in [3.8, 4) is 22.5 Å². The van der Waals surface area contributed by atoms with Crippen LogP contribution in [-0.2, 0) is 0 Å². The van der Waals surface area contributed by atoms with Crippen molar-refractivity contribution in [2.45, 2.75) is 76.3 Å². The van der Waals surface area contributed by atoms with E-state index in [4.69, 9.17) is 0 Å². The Balaban J connectivity index is 1.18. The molecule has 2 saturated carbocycles. The molecule has 0 saturated heterocycles. The third kappa shape index (κ3) is 5.37. The van der Waals surface area contributed by atoms with E-state index < -0.39 is 0 Å². The lowest BCUT2D eigenvalue weighted by Gasteiger charge is -2.37. The van der Waals surface area contributed by atoms with Crippen molar-refractivity contribution < 1.29 is 19.2 Å². The second-order valence-electron chi connectivity index (χ2n) is 19.4. The van der Waals surface area contributed by atoms with Gasteiger partial charge in [0.05, 0.1) is 44.6 Å². The smallest absolute Gasteiger partial charge is 0.261 e. The fraction of sp³-hybridized carbons (Fsp3) is 0.200. The number of benzene rings is 8. The van der Waals surface area contributed by atoms with Crippen LogP contribution in [0.1, 0.15) is 106 Å². The molecule has 10 aromatic rings. The zero-order valence-corrected chi connectivity index (χ0v) is 37.5. The molecule has 2 aliphatic carbocycles. The van der Waals surface area contributed by atoms with Gasteiger partial charge in [0.15, 0.2) is 0 Å². The van der Waals surface area contributed by atoms with Crippen LogP contribution in [0.4, 0.5) is 0 Å². The monoisotopic (exact) mass is 886 g/mol. The highest BCUT2D eigenvalue weighted by molar-refractivity contribution is 6.32. The zero-order chi connectivity index (χ0) is 45.4. The van der Waals surface area contributed by atoms with E-state index >= 15 is 9.59 Å². The predicted octanol–water partition coefficient (Wildman–Crippen LogP) is 13.7. The number of nitrogens with zero attached hydrogens (tertiary/aromatic N) is 4. The Kier molecular flexibility index (Phi) is 8.58. The molecule has 0 bridgehead atoms. The van der Waals surface area contributed by atoms with Crippen molar-refractivity contribution in [1.82, 2.24) is 18.9 Å². The third-order valence-corrected chi connectivity index (χ3v) is 15.8. The molecule has 4 amide bonds. The summed E-state index contributed by atoms with van der Waals surface area (Å²) in [5.41, 5.74) is 9.03. The molecule has 0 N–H and O–H groups in total. The molecule has 68 heavy (non-hydrogen) atoms. The first-order chi connectivity index (χ1) is 33.5. The zero-order valence-electron chi connectivity index (χ0n) is 37.5. The van der Waals surface area contributed by atoms with Crippen molar-refractivity contribution in [3.63, 3.8) is 0 Å². The van der Waals surface area contributed by atoms with Gasteiger partial charge in [0.25, 0.3) is 23.6 Å². The molecule has 2 aromatic heterocycles. The van der Waals surface area contributed by atoms with E-state index in [0.29, 0.717) is 33.0 Å². The molecule has 8 aromatic carbocycles. The highest BCUT2D eigenvalue weighted by atomic mass is 16.2. The van der Waals surface area contributed by atoms with Gasteiger partial charge in [0.2, 0.25) is 0 Å². The largest absolute Gasteiger partial charge is 0.309 e. The number of fused-ring (bicyclic) bond motifs is 6. The lowest BCUT2D eigenvalue weighted by molar-refractivity contribution is 0.0487. The maximum Gasteiger partial charge on any atom is 0.261 e. The number of rotatable bonds is 5. The standard InChI is InChI=1S/C60H46N4O4/c65-57-43-27-15-25-41-53(43)45(59(67)61(57)35-17-3-1-4-18-35)33-51(63-47-29-11-7-21-37(47)38-22-8-12-30-48(38)63)55(41)56-42-26-16-28-44-54(42)46(60(68)62(58(44)66)36-19-5-2-6-20-36)34-52(56)64-49-31-13-9-23-39(49)40-24-10-14-32-50(40)64/h7-16,21-36H,1-6,17-20H2. The number of hydrogen-bond acceptors (Lipinski definition) is 4. The second kappa shape index (κ2) is 14.8. The SMILES string of the molecule is O=C1c2cccc3c(-c4c(-n5c6ccccc6c6ccccc65)cc5c6c(cccc46)C(=O)N(C4CCCCC4)C5=O)c(-n4c5ccccc5c5ccccc54)cc(c23)C(=O)N1C1CCCCC1. The number of para-hydroxylation sites is 4. The van der Waals surface area contributed by atoms with E-state index in [1.807, 2.05) is 36.4 Å². The highest BCUT2D eigenvalue weighted by Crippen LogP contribution is 2.51. The van der Waals surface area contributed by atoms with Crippen LogP contribution in [0.3, 0.4) is 0 Å². The summed E-state index contributed by atoms with van der Waals surface area (Å²) >= 11 is 0. The van der Waals surface area contributed by atoms with Crippen LogP contribution in [0.25, 0.3) is 87.7 Å². The van der Waals surface area contributed by atoms with Gasteiger partial charge in [0, 0.05) is 66.7 Å². The molecular formula is C60H46N4O4. The van der Waals surface area contributed by atoms with Crippen LogP contribution in [0.5, 0.6) is 0 Å². The summed E-state index contributed by atoms with van der Waals surface area (Å²) in [6, 6.07) is 49.1. The van der Waals surface area contributed by atoms with E-state index in [9.17, 15) is 9.59 Å². The Bertz CT molecular complexity index is 3520. The summed E-state index contributed by atoms with van der Waals surface area (Å²) in [7, 11) is 0. The van der Waals surface area contributed by atoms with Gasteiger partial charge in [-0.15, -0.1) is 0 Å². The van der Waals surface area contributed by atoms with Gasteiger partial charge in [-0.05, 0) is 85.0 Å². The molecule has 8 heteroatoms. The normalized spacial score (nSPS) is 17.1. The maximum atomic E-state index is 15.3. The summed E-state index contributed by atoms with van der Waals surface area (Å²) in [4.78, 5) is 63.8. The van der Waals surface area contributed by atoms with Gasteiger partial charge < -0.3 is 9.13 Å². The van der Waals surface area contributed by atoms with E-state index in [1.165, 1.54) is 0 Å². The molecule has 0 unspecified atom stereocenters. The second-order valence-corrected chi connectivity index (χ2v) is 19.4. The number of carbonyl (C=O) groups is 4. The van der Waals surface area contributed by atoms with Crippen molar-refractivity contribution in [2.24, 2.45) is 0 Å². The van der Waals surface area contributed by atoms with Crippen LogP contribution in [0.15, 0.2) is 146 Å². The Morgan fingerprint density at radius 3 is 0.985 bits per heavy atom. The average Bonchev–Trinajstić information content (AvgIpc) is 3.90. The van der Waals surface area contributed by atoms with Crippen LogP contribution in [0, 0.1) is 0 Å². The fourth-order valence-electron chi connectivity index (χ4n) is 12.9.